The third-order valence-electron chi connectivity index (χ3n) is 1.97. The number of aryl methyl sites for hydroxylation is 2. The van der Waals surface area contributed by atoms with E-state index in [2.05, 4.69) is 15.0 Å². The predicted molar refractivity (Wildman–Crippen MR) is 49.9 cm³/mol. The van der Waals surface area contributed by atoms with Gasteiger partial charge in [0.1, 0.15) is 12.0 Å². The Labute approximate surface area is 80.8 Å². The summed E-state index contributed by atoms with van der Waals surface area (Å²) in [6, 6.07) is 0. The first-order chi connectivity index (χ1) is 6.70. The number of hydrogen-bond acceptors (Lipinski definition) is 4. The summed E-state index contributed by atoms with van der Waals surface area (Å²) in [7, 11) is 0. The summed E-state index contributed by atoms with van der Waals surface area (Å²) < 4.78 is 5.05. The van der Waals surface area contributed by atoms with Gasteiger partial charge in [0.05, 0.1) is 5.69 Å². The molecule has 0 amide bonds. The molecule has 0 aliphatic carbocycles. The van der Waals surface area contributed by atoms with Crippen LogP contribution >= 0.6 is 0 Å². The zero-order chi connectivity index (χ0) is 10.1. The second-order valence-corrected chi connectivity index (χ2v) is 2.99. The van der Waals surface area contributed by atoms with Crippen molar-refractivity contribution < 1.29 is 9.52 Å². The van der Waals surface area contributed by atoms with E-state index < -0.39 is 0 Å². The lowest BCUT2D eigenvalue weighted by atomic mass is 10.4. The molecule has 5 nitrogen and oxygen atoms in total. The fourth-order valence-electron chi connectivity index (χ4n) is 1.24. The fraction of sp³-hybridized carbons (Fsp3) is 0.333. The molecule has 0 bridgehead atoms. The maximum Gasteiger partial charge on any atom is 0.232 e. The standard InChI is InChI=1S/C9H11N3O2/c1-3-6-9(13)12-8(11-6)7-4-14-5(2)10-7/h4,13H,3H2,1-2H3,(H,11,12). The van der Waals surface area contributed by atoms with Crippen LogP contribution in [0, 0.1) is 6.92 Å². The van der Waals surface area contributed by atoms with Gasteiger partial charge in [-0.1, -0.05) is 6.92 Å². The number of rotatable bonds is 2. The first-order valence-electron chi connectivity index (χ1n) is 4.41. The van der Waals surface area contributed by atoms with Crippen LogP contribution < -0.4 is 0 Å². The van der Waals surface area contributed by atoms with E-state index in [1.165, 1.54) is 6.26 Å². The van der Waals surface area contributed by atoms with Gasteiger partial charge in [0.2, 0.25) is 5.88 Å². The number of aromatic amines is 1. The van der Waals surface area contributed by atoms with Crippen LogP contribution in [0.3, 0.4) is 0 Å². The summed E-state index contributed by atoms with van der Waals surface area (Å²) in [5, 5.41) is 9.40. The van der Waals surface area contributed by atoms with E-state index in [-0.39, 0.29) is 5.88 Å². The van der Waals surface area contributed by atoms with E-state index in [0.29, 0.717) is 29.5 Å². The maximum atomic E-state index is 9.40. The van der Waals surface area contributed by atoms with Crippen molar-refractivity contribution in [1.82, 2.24) is 15.0 Å². The van der Waals surface area contributed by atoms with E-state index in [1.54, 1.807) is 6.92 Å². The lowest BCUT2D eigenvalue weighted by Crippen LogP contribution is -1.82. The molecule has 0 unspecified atom stereocenters. The van der Waals surface area contributed by atoms with Crippen LogP contribution in [0.4, 0.5) is 0 Å². The predicted octanol–water partition coefficient (Wildman–Crippen LogP) is 1.64. The lowest BCUT2D eigenvalue weighted by Gasteiger charge is -1.87. The van der Waals surface area contributed by atoms with Crippen LogP contribution in [0.5, 0.6) is 5.88 Å². The van der Waals surface area contributed by atoms with Crippen LogP contribution in [0.25, 0.3) is 11.5 Å². The van der Waals surface area contributed by atoms with Gasteiger partial charge in [0.25, 0.3) is 0 Å². The van der Waals surface area contributed by atoms with E-state index in [4.69, 9.17) is 4.42 Å². The first-order valence-corrected chi connectivity index (χ1v) is 4.41. The van der Waals surface area contributed by atoms with Gasteiger partial charge in [-0.15, -0.1) is 0 Å². The molecule has 0 aliphatic heterocycles. The Hall–Kier alpha value is -1.78. The molecule has 0 saturated heterocycles. The van der Waals surface area contributed by atoms with Crippen LogP contribution in [-0.2, 0) is 6.42 Å². The fourth-order valence-corrected chi connectivity index (χ4v) is 1.24. The van der Waals surface area contributed by atoms with Gasteiger partial charge in [0.15, 0.2) is 11.7 Å². The van der Waals surface area contributed by atoms with Crippen molar-refractivity contribution in [2.45, 2.75) is 20.3 Å². The summed E-state index contributed by atoms with van der Waals surface area (Å²) in [6.45, 7) is 3.69. The Balaban J connectivity index is 2.42. The molecule has 0 aliphatic rings. The third-order valence-corrected chi connectivity index (χ3v) is 1.97. The molecule has 2 aromatic rings. The number of H-pyrrole nitrogens is 1. The quantitative estimate of drug-likeness (QED) is 0.760. The zero-order valence-corrected chi connectivity index (χ0v) is 8.03. The summed E-state index contributed by atoms with van der Waals surface area (Å²) in [4.78, 5) is 11.0. The minimum absolute atomic E-state index is 0.0307. The monoisotopic (exact) mass is 193 g/mol. The molecule has 5 heteroatoms. The highest BCUT2D eigenvalue weighted by molar-refractivity contribution is 5.49. The van der Waals surface area contributed by atoms with Gasteiger partial charge in [-0.2, -0.15) is 4.98 Å². The van der Waals surface area contributed by atoms with Crippen molar-refractivity contribution in [3.63, 3.8) is 0 Å². The number of nitrogens with zero attached hydrogens (tertiary/aromatic N) is 2. The molecular formula is C9H11N3O2. The van der Waals surface area contributed by atoms with Crippen LogP contribution in [0.15, 0.2) is 10.7 Å². The summed E-state index contributed by atoms with van der Waals surface area (Å²) in [5.74, 6) is 1.15. The van der Waals surface area contributed by atoms with Crippen molar-refractivity contribution in [3.05, 3.63) is 17.8 Å². The Kier molecular flexibility index (Phi) is 1.99. The SMILES string of the molecule is CCc1[nH]c(-c2coc(C)n2)nc1O. The number of hydrogen-bond donors (Lipinski definition) is 2. The Morgan fingerprint density at radius 1 is 1.50 bits per heavy atom. The smallest absolute Gasteiger partial charge is 0.232 e. The number of oxazole rings is 1. The molecule has 0 aromatic carbocycles. The summed E-state index contributed by atoms with van der Waals surface area (Å²) in [6.07, 6.45) is 2.21. The van der Waals surface area contributed by atoms with Crippen LogP contribution in [0.1, 0.15) is 18.5 Å². The largest absolute Gasteiger partial charge is 0.492 e. The maximum absolute atomic E-state index is 9.40. The topological polar surface area (TPSA) is 74.9 Å². The molecule has 2 aromatic heterocycles. The molecule has 0 fully saturated rings. The molecule has 14 heavy (non-hydrogen) atoms. The second kappa shape index (κ2) is 3.17. The summed E-state index contributed by atoms with van der Waals surface area (Å²) in [5.41, 5.74) is 1.32. The van der Waals surface area contributed by atoms with Crippen LogP contribution in [-0.4, -0.2) is 20.1 Å². The third kappa shape index (κ3) is 1.37. The normalized spacial score (nSPS) is 10.7. The molecule has 2 heterocycles. The van der Waals surface area contributed by atoms with Gasteiger partial charge in [-0.3, -0.25) is 0 Å². The minimum Gasteiger partial charge on any atom is -0.492 e. The van der Waals surface area contributed by atoms with Gasteiger partial charge >= 0.3 is 0 Å². The Morgan fingerprint density at radius 2 is 2.29 bits per heavy atom. The number of aromatic hydroxyl groups is 1. The van der Waals surface area contributed by atoms with Gasteiger partial charge in [-0.25, -0.2) is 4.98 Å². The minimum atomic E-state index is 0.0307. The van der Waals surface area contributed by atoms with E-state index in [9.17, 15) is 5.11 Å². The van der Waals surface area contributed by atoms with E-state index in [0.717, 1.165) is 0 Å². The molecule has 0 saturated carbocycles. The van der Waals surface area contributed by atoms with Gasteiger partial charge in [-0.05, 0) is 6.42 Å². The second-order valence-electron chi connectivity index (χ2n) is 2.99. The zero-order valence-electron chi connectivity index (χ0n) is 8.03. The van der Waals surface area contributed by atoms with Crippen LogP contribution in [0.2, 0.25) is 0 Å². The number of nitrogens with one attached hydrogen (secondary N) is 1. The molecule has 74 valence electrons. The average molecular weight is 193 g/mol. The van der Waals surface area contributed by atoms with Crippen molar-refractivity contribution >= 4 is 0 Å². The average Bonchev–Trinajstić information content (AvgIpc) is 2.71. The highest BCUT2D eigenvalue weighted by Crippen LogP contribution is 2.21. The number of imidazole rings is 1. The van der Waals surface area contributed by atoms with Crippen molar-refractivity contribution in [1.29, 1.82) is 0 Å². The Bertz CT molecular complexity index is 445. The highest BCUT2D eigenvalue weighted by Gasteiger charge is 2.11. The first kappa shape index (κ1) is 8.80. The van der Waals surface area contributed by atoms with Gasteiger partial charge in [0, 0.05) is 6.92 Å². The molecule has 2 N–H and O–H groups in total. The molecule has 0 radical (unpaired) electrons. The van der Waals surface area contributed by atoms with E-state index >= 15 is 0 Å². The van der Waals surface area contributed by atoms with Gasteiger partial charge < -0.3 is 14.5 Å². The van der Waals surface area contributed by atoms with Crippen molar-refractivity contribution in [3.8, 4) is 17.4 Å². The molecule has 0 atom stereocenters. The molecule has 0 spiro atoms. The van der Waals surface area contributed by atoms with Crippen molar-refractivity contribution in [2.75, 3.05) is 0 Å². The number of aromatic nitrogens is 3. The molecule has 2 rings (SSSR count). The van der Waals surface area contributed by atoms with Crippen molar-refractivity contribution in [2.24, 2.45) is 0 Å². The molecular weight excluding hydrogens is 182 g/mol. The summed E-state index contributed by atoms with van der Waals surface area (Å²) >= 11 is 0. The lowest BCUT2D eigenvalue weighted by molar-refractivity contribution is 0.450. The Morgan fingerprint density at radius 3 is 2.79 bits per heavy atom. The highest BCUT2D eigenvalue weighted by atomic mass is 16.3. The van der Waals surface area contributed by atoms with E-state index in [1.807, 2.05) is 6.92 Å².